The van der Waals surface area contributed by atoms with Gasteiger partial charge in [-0.3, -0.25) is 0 Å². The topological polar surface area (TPSA) is 49.8 Å². The molecule has 5 aromatic rings. The smallest absolute Gasteiger partial charge is 0.335 e. The van der Waals surface area contributed by atoms with Gasteiger partial charge in [0.25, 0.3) is 0 Å². The van der Waals surface area contributed by atoms with Crippen LogP contribution in [0.1, 0.15) is 63.9 Å². The summed E-state index contributed by atoms with van der Waals surface area (Å²) >= 11 is 0. The molecule has 0 aromatic heterocycles. The molecule has 4 unspecified atom stereocenters. The van der Waals surface area contributed by atoms with E-state index in [4.69, 9.17) is 4.74 Å². The SMILES string of the molecule is CN(C)c1ccc(C2(c3ccccc3)C=Cc3c4c(c5ccccc5c3O2)-c2ccc(C(=O)O)cc2C42CC3CCC2C3)cc1. The minimum atomic E-state index is -0.866. The van der Waals surface area contributed by atoms with Crippen LogP contribution >= 0.6 is 0 Å². The average molecular weight is 590 g/mol. The molecule has 2 saturated carbocycles. The Labute approximate surface area is 263 Å². The third-order valence-electron chi connectivity index (χ3n) is 11.3. The highest BCUT2D eigenvalue weighted by Gasteiger charge is 2.58. The summed E-state index contributed by atoms with van der Waals surface area (Å²) in [5.41, 5.74) is 8.82. The Balaban J connectivity index is 1.34. The van der Waals surface area contributed by atoms with Gasteiger partial charge in [0.05, 0.1) is 5.56 Å². The highest BCUT2D eigenvalue weighted by Crippen LogP contribution is 2.68. The number of carbonyl (C=O) groups is 1. The number of carboxylic acid groups (broad SMARTS) is 1. The van der Waals surface area contributed by atoms with Crippen molar-refractivity contribution in [2.45, 2.75) is 36.7 Å². The standard InChI is InChI=1S/C41H35NO3/c1-42(2)30-17-15-28(16-18-30)41(27-8-4-3-5-9-27)21-20-34-37-36(31-10-6-7-11-32(31)38(34)45-41)33-19-13-26(39(43)44)23-35(33)40(37)24-25-12-14-29(40)22-25/h3-11,13,15-21,23,25,29H,12,14,22,24H2,1-2H3,(H,43,44). The Kier molecular flexibility index (Phi) is 5.51. The quantitative estimate of drug-likeness (QED) is 0.227. The lowest BCUT2D eigenvalue weighted by Crippen LogP contribution is -2.36. The van der Waals surface area contributed by atoms with E-state index < -0.39 is 11.6 Å². The van der Waals surface area contributed by atoms with Crippen LogP contribution in [0.3, 0.4) is 0 Å². The fraction of sp³-hybridized carbons (Fsp3) is 0.244. The summed E-state index contributed by atoms with van der Waals surface area (Å²) in [4.78, 5) is 14.4. The van der Waals surface area contributed by atoms with Crippen molar-refractivity contribution in [3.8, 4) is 16.9 Å². The van der Waals surface area contributed by atoms with Crippen LogP contribution in [0.5, 0.6) is 5.75 Å². The largest absolute Gasteiger partial charge is 0.478 e. The zero-order chi connectivity index (χ0) is 30.5. The number of rotatable bonds is 4. The highest BCUT2D eigenvalue weighted by molar-refractivity contribution is 6.09. The molecule has 0 amide bonds. The zero-order valence-electron chi connectivity index (χ0n) is 25.6. The van der Waals surface area contributed by atoms with Gasteiger partial charge in [0.2, 0.25) is 0 Å². The lowest BCUT2D eigenvalue weighted by atomic mass is 9.65. The van der Waals surface area contributed by atoms with Crippen molar-refractivity contribution in [1.82, 2.24) is 0 Å². The van der Waals surface area contributed by atoms with Gasteiger partial charge < -0.3 is 14.7 Å². The predicted molar refractivity (Wildman–Crippen MR) is 180 cm³/mol. The van der Waals surface area contributed by atoms with E-state index >= 15 is 0 Å². The van der Waals surface area contributed by atoms with E-state index in [1.54, 1.807) is 6.07 Å². The van der Waals surface area contributed by atoms with Crippen molar-refractivity contribution in [1.29, 1.82) is 0 Å². The van der Waals surface area contributed by atoms with Crippen molar-refractivity contribution in [2.75, 3.05) is 19.0 Å². The van der Waals surface area contributed by atoms with Crippen LogP contribution in [0.2, 0.25) is 0 Å². The Morgan fingerprint density at radius 1 is 0.867 bits per heavy atom. The minimum Gasteiger partial charge on any atom is -0.478 e. The van der Waals surface area contributed by atoms with E-state index in [1.165, 1.54) is 46.9 Å². The van der Waals surface area contributed by atoms with Gasteiger partial charge in [0.15, 0.2) is 5.60 Å². The van der Waals surface area contributed by atoms with Crippen LogP contribution in [0.4, 0.5) is 5.69 Å². The van der Waals surface area contributed by atoms with E-state index in [1.807, 2.05) is 6.07 Å². The number of benzene rings is 5. The van der Waals surface area contributed by atoms with Gasteiger partial charge in [-0.15, -0.1) is 0 Å². The molecule has 4 atom stereocenters. The third-order valence-corrected chi connectivity index (χ3v) is 11.3. The minimum absolute atomic E-state index is 0.207. The lowest BCUT2D eigenvalue weighted by Gasteiger charge is -2.41. The highest BCUT2D eigenvalue weighted by atomic mass is 16.5. The molecule has 2 bridgehead atoms. The molecule has 4 heteroatoms. The molecule has 2 fully saturated rings. The van der Waals surface area contributed by atoms with E-state index in [2.05, 4.69) is 116 Å². The van der Waals surface area contributed by atoms with Crippen LogP contribution < -0.4 is 9.64 Å². The summed E-state index contributed by atoms with van der Waals surface area (Å²) in [5, 5.41) is 12.3. The second-order valence-corrected chi connectivity index (χ2v) is 13.6. The van der Waals surface area contributed by atoms with Crippen molar-refractivity contribution in [2.24, 2.45) is 11.8 Å². The number of nitrogens with zero attached hydrogens (tertiary/aromatic N) is 1. The average Bonchev–Trinajstić information content (AvgIpc) is 3.77. The summed E-state index contributed by atoms with van der Waals surface area (Å²) < 4.78 is 7.48. The maximum Gasteiger partial charge on any atom is 0.335 e. The first-order valence-corrected chi connectivity index (χ1v) is 16.1. The predicted octanol–water partition coefficient (Wildman–Crippen LogP) is 9.04. The Morgan fingerprint density at radius 3 is 2.29 bits per heavy atom. The molecule has 0 saturated heterocycles. The maximum atomic E-state index is 12.2. The van der Waals surface area contributed by atoms with Crippen LogP contribution in [-0.4, -0.2) is 25.2 Å². The zero-order valence-corrected chi connectivity index (χ0v) is 25.6. The van der Waals surface area contributed by atoms with Crippen molar-refractivity contribution in [3.05, 3.63) is 137 Å². The number of ether oxygens (including phenoxy) is 1. The fourth-order valence-electron chi connectivity index (χ4n) is 9.37. The molecule has 1 heterocycles. The molecule has 9 rings (SSSR count). The van der Waals surface area contributed by atoms with Gasteiger partial charge in [0, 0.05) is 47.3 Å². The summed E-state index contributed by atoms with van der Waals surface area (Å²) in [6.07, 6.45) is 9.30. The number of anilines is 1. The van der Waals surface area contributed by atoms with Crippen LogP contribution in [0, 0.1) is 11.8 Å². The second kappa shape index (κ2) is 9.34. The number of hydrogen-bond donors (Lipinski definition) is 1. The molecule has 5 aromatic carbocycles. The third kappa shape index (κ3) is 3.51. The van der Waals surface area contributed by atoms with E-state index in [-0.39, 0.29) is 5.41 Å². The van der Waals surface area contributed by atoms with E-state index in [0.29, 0.717) is 17.4 Å². The normalized spacial score (nSPS) is 25.2. The van der Waals surface area contributed by atoms with Gasteiger partial charge >= 0.3 is 5.97 Å². The molecule has 3 aliphatic carbocycles. The lowest BCUT2D eigenvalue weighted by molar-refractivity contribution is 0.0696. The number of aromatic carboxylic acids is 1. The second-order valence-electron chi connectivity index (χ2n) is 13.6. The first-order valence-electron chi connectivity index (χ1n) is 16.1. The van der Waals surface area contributed by atoms with Crippen molar-refractivity contribution < 1.29 is 14.6 Å². The maximum absolute atomic E-state index is 12.2. The van der Waals surface area contributed by atoms with Crippen LogP contribution in [0.25, 0.3) is 28.0 Å². The molecule has 4 aliphatic rings. The summed E-state index contributed by atoms with van der Waals surface area (Å²) in [6.45, 7) is 0. The van der Waals surface area contributed by atoms with Gasteiger partial charge in [-0.2, -0.15) is 0 Å². The van der Waals surface area contributed by atoms with Crippen LogP contribution in [0.15, 0.2) is 103 Å². The monoisotopic (exact) mass is 589 g/mol. The van der Waals surface area contributed by atoms with Crippen LogP contribution in [-0.2, 0) is 11.0 Å². The molecule has 1 N–H and O–H groups in total. The Hall–Kier alpha value is -4.83. The molecule has 0 radical (unpaired) electrons. The fourth-order valence-corrected chi connectivity index (χ4v) is 9.37. The van der Waals surface area contributed by atoms with E-state index in [0.717, 1.165) is 39.9 Å². The Bertz CT molecular complexity index is 2060. The number of hydrogen-bond acceptors (Lipinski definition) is 3. The first kappa shape index (κ1) is 26.6. The molecule has 222 valence electrons. The van der Waals surface area contributed by atoms with Crippen molar-refractivity contribution >= 4 is 28.5 Å². The molecule has 4 nitrogen and oxygen atoms in total. The van der Waals surface area contributed by atoms with Gasteiger partial charge in [-0.1, -0.05) is 85.3 Å². The van der Waals surface area contributed by atoms with Gasteiger partial charge in [0.1, 0.15) is 5.75 Å². The molecule has 1 spiro atoms. The van der Waals surface area contributed by atoms with E-state index in [9.17, 15) is 9.90 Å². The summed E-state index contributed by atoms with van der Waals surface area (Å²) in [7, 11) is 4.12. The Morgan fingerprint density at radius 2 is 1.60 bits per heavy atom. The summed E-state index contributed by atoms with van der Waals surface area (Å²) in [5.74, 6) is 1.21. The number of carboxylic acids is 1. The molecule has 1 aliphatic heterocycles. The molecular formula is C41H35NO3. The molecular weight excluding hydrogens is 554 g/mol. The number of fused-ring (bicyclic) bond motifs is 13. The molecule has 45 heavy (non-hydrogen) atoms. The van der Waals surface area contributed by atoms with Gasteiger partial charge in [-0.25, -0.2) is 4.79 Å². The summed E-state index contributed by atoms with van der Waals surface area (Å²) in [6, 6.07) is 33.7. The van der Waals surface area contributed by atoms with Gasteiger partial charge in [-0.05, 0) is 89.1 Å². The first-order chi connectivity index (χ1) is 21.9. The van der Waals surface area contributed by atoms with Crippen molar-refractivity contribution in [3.63, 3.8) is 0 Å².